The second-order valence-corrected chi connectivity index (χ2v) is 4.25. The number of hydrogen-bond acceptors (Lipinski definition) is 4. The Hall–Kier alpha value is -1.59. The molecule has 1 aromatic rings. The average molecular weight is 285 g/mol. The smallest absolute Gasteiger partial charge is 0.337 e. The molecule has 0 aromatic heterocycles. The third-order valence-electron chi connectivity index (χ3n) is 2.44. The number of rotatable bonds is 6. The molecule has 1 rings (SSSR count). The van der Waals surface area contributed by atoms with Gasteiger partial charge in [0.25, 0.3) is 0 Å². The van der Waals surface area contributed by atoms with Crippen LogP contribution in [0.2, 0.25) is 5.02 Å². The van der Waals surface area contributed by atoms with Gasteiger partial charge in [-0.15, -0.1) is 0 Å². The summed E-state index contributed by atoms with van der Waals surface area (Å²) in [5.74, 6) is -0.635. The summed E-state index contributed by atoms with van der Waals surface area (Å²) < 4.78 is 4.61. The fourth-order valence-corrected chi connectivity index (χ4v) is 1.62. The molecule has 0 saturated heterocycles. The van der Waals surface area contributed by atoms with E-state index in [0.717, 1.165) is 6.54 Å². The van der Waals surface area contributed by atoms with E-state index >= 15 is 0 Å². The van der Waals surface area contributed by atoms with Crippen LogP contribution in [0.3, 0.4) is 0 Å². The van der Waals surface area contributed by atoms with Crippen LogP contribution in [0.4, 0.5) is 5.69 Å². The molecule has 0 spiro atoms. The van der Waals surface area contributed by atoms with Crippen molar-refractivity contribution in [3.05, 3.63) is 28.8 Å². The lowest BCUT2D eigenvalue weighted by molar-refractivity contribution is -0.116. The van der Waals surface area contributed by atoms with Gasteiger partial charge in [-0.2, -0.15) is 0 Å². The van der Waals surface area contributed by atoms with Crippen LogP contribution in [-0.2, 0) is 9.53 Å². The largest absolute Gasteiger partial charge is 0.465 e. The summed E-state index contributed by atoms with van der Waals surface area (Å²) >= 11 is 5.97. The molecule has 0 aliphatic heterocycles. The van der Waals surface area contributed by atoms with Gasteiger partial charge >= 0.3 is 5.97 Å². The van der Waals surface area contributed by atoms with Gasteiger partial charge in [-0.05, 0) is 24.7 Å². The maximum atomic E-state index is 11.7. The minimum atomic E-state index is -0.472. The van der Waals surface area contributed by atoms with Gasteiger partial charge in [0.1, 0.15) is 0 Å². The van der Waals surface area contributed by atoms with E-state index in [4.69, 9.17) is 11.6 Å². The predicted octanol–water partition coefficient (Wildman–Crippen LogP) is 2.06. The van der Waals surface area contributed by atoms with Crippen molar-refractivity contribution in [1.29, 1.82) is 0 Å². The van der Waals surface area contributed by atoms with E-state index in [1.165, 1.54) is 13.2 Å². The number of carbonyl (C=O) groups excluding carboxylic acids is 2. The molecule has 0 aliphatic carbocycles. The lowest BCUT2D eigenvalue weighted by atomic mass is 10.2. The summed E-state index contributed by atoms with van der Waals surface area (Å²) in [6.45, 7) is 3.37. The highest BCUT2D eigenvalue weighted by atomic mass is 35.5. The highest BCUT2D eigenvalue weighted by molar-refractivity contribution is 6.33. The van der Waals surface area contributed by atoms with E-state index in [1.807, 2.05) is 6.92 Å². The zero-order valence-corrected chi connectivity index (χ0v) is 11.7. The quantitative estimate of drug-likeness (QED) is 0.620. The van der Waals surface area contributed by atoms with Gasteiger partial charge in [-0.25, -0.2) is 4.79 Å². The van der Waals surface area contributed by atoms with Crippen LogP contribution in [0, 0.1) is 0 Å². The lowest BCUT2D eigenvalue weighted by Gasteiger charge is -2.09. The SMILES string of the molecule is CCNCCC(=O)Nc1cc(C(=O)OC)ccc1Cl. The van der Waals surface area contributed by atoms with Crippen molar-refractivity contribution in [1.82, 2.24) is 5.32 Å². The van der Waals surface area contributed by atoms with Crippen LogP contribution in [0.1, 0.15) is 23.7 Å². The molecular formula is C13H17ClN2O3. The molecule has 19 heavy (non-hydrogen) atoms. The predicted molar refractivity (Wildman–Crippen MR) is 74.6 cm³/mol. The normalized spacial score (nSPS) is 10.1. The van der Waals surface area contributed by atoms with Gasteiger partial charge in [0.15, 0.2) is 0 Å². The third-order valence-corrected chi connectivity index (χ3v) is 2.77. The zero-order valence-electron chi connectivity index (χ0n) is 11.0. The number of esters is 1. The second kappa shape index (κ2) is 7.76. The Morgan fingerprint density at radius 3 is 2.74 bits per heavy atom. The lowest BCUT2D eigenvalue weighted by Crippen LogP contribution is -2.21. The molecule has 0 aliphatic rings. The first-order valence-electron chi connectivity index (χ1n) is 5.97. The maximum Gasteiger partial charge on any atom is 0.337 e. The number of hydrogen-bond donors (Lipinski definition) is 2. The van der Waals surface area contributed by atoms with Crippen molar-refractivity contribution in [2.75, 3.05) is 25.5 Å². The second-order valence-electron chi connectivity index (χ2n) is 3.84. The number of ether oxygens (including phenoxy) is 1. The highest BCUT2D eigenvalue weighted by Crippen LogP contribution is 2.23. The Morgan fingerprint density at radius 1 is 1.37 bits per heavy atom. The minimum Gasteiger partial charge on any atom is -0.465 e. The molecule has 1 aromatic carbocycles. The van der Waals surface area contributed by atoms with Crippen molar-refractivity contribution in [2.45, 2.75) is 13.3 Å². The van der Waals surface area contributed by atoms with Gasteiger partial charge in [0.05, 0.1) is 23.4 Å². The fourth-order valence-electron chi connectivity index (χ4n) is 1.46. The number of nitrogens with one attached hydrogen (secondary N) is 2. The Morgan fingerprint density at radius 2 is 2.11 bits per heavy atom. The van der Waals surface area contributed by atoms with E-state index in [2.05, 4.69) is 15.4 Å². The van der Waals surface area contributed by atoms with Crippen LogP contribution < -0.4 is 10.6 Å². The Labute approximate surface area is 117 Å². The number of methoxy groups -OCH3 is 1. The van der Waals surface area contributed by atoms with Crippen molar-refractivity contribution in [3.8, 4) is 0 Å². The number of carbonyl (C=O) groups is 2. The van der Waals surface area contributed by atoms with Crippen molar-refractivity contribution in [2.24, 2.45) is 0 Å². The van der Waals surface area contributed by atoms with Gasteiger partial charge in [-0.3, -0.25) is 4.79 Å². The summed E-state index contributed by atoms with van der Waals surface area (Å²) in [4.78, 5) is 23.0. The maximum absolute atomic E-state index is 11.7. The Balaban J connectivity index is 2.71. The van der Waals surface area contributed by atoms with Crippen molar-refractivity contribution < 1.29 is 14.3 Å². The molecule has 0 unspecified atom stereocenters. The number of halogens is 1. The first-order valence-corrected chi connectivity index (χ1v) is 6.34. The van der Waals surface area contributed by atoms with Crippen LogP contribution >= 0.6 is 11.6 Å². The molecule has 5 nitrogen and oxygen atoms in total. The van der Waals surface area contributed by atoms with Crippen LogP contribution in [0.25, 0.3) is 0 Å². The zero-order chi connectivity index (χ0) is 14.3. The number of benzene rings is 1. The van der Waals surface area contributed by atoms with E-state index in [1.54, 1.807) is 12.1 Å². The van der Waals surface area contributed by atoms with Crippen LogP contribution in [0.15, 0.2) is 18.2 Å². The van der Waals surface area contributed by atoms with Crippen LogP contribution in [0.5, 0.6) is 0 Å². The van der Waals surface area contributed by atoms with Crippen molar-refractivity contribution >= 4 is 29.2 Å². The van der Waals surface area contributed by atoms with Gasteiger partial charge < -0.3 is 15.4 Å². The molecule has 2 N–H and O–H groups in total. The first-order chi connectivity index (χ1) is 9.08. The summed E-state index contributed by atoms with van der Waals surface area (Å²) in [7, 11) is 1.30. The summed E-state index contributed by atoms with van der Waals surface area (Å²) in [5.41, 5.74) is 0.750. The minimum absolute atomic E-state index is 0.162. The number of amides is 1. The van der Waals surface area contributed by atoms with Gasteiger partial charge in [-0.1, -0.05) is 18.5 Å². The standard InChI is InChI=1S/C13H17ClN2O3/c1-3-15-7-6-12(17)16-11-8-9(13(18)19-2)4-5-10(11)14/h4-5,8,15H,3,6-7H2,1-2H3,(H,16,17). The Kier molecular flexibility index (Phi) is 6.32. The molecule has 0 saturated carbocycles. The van der Waals surface area contributed by atoms with Gasteiger partial charge in [0, 0.05) is 13.0 Å². The first kappa shape index (κ1) is 15.5. The van der Waals surface area contributed by atoms with E-state index in [-0.39, 0.29) is 5.91 Å². The summed E-state index contributed by atoms with van der Waals surface area (Å²) in [6.07, 6.45) is 0.340. The fraction of sp³-hybridized carbons (Fsp3) is 0.385. The molecular weight excluding hydrogens is 268 g/mol. The topological polar surface area (TPSA) is 67.4 Å². The van der Waals surface area contributed by atoms with E-state index in [9.17, 15) is 9.59 Å². The van der Waals surface area contributed by atoms with E-state index < -0.39 is 5.97 Å². The van der Waals surface area contributed by atoms with Crippen molar-refractivity contribution in [3.63, 3.8) is 0 Å². The molecule has 0 fully saturated rings. The highest BCUT2D eigenvalue weighted by Gasteiger charge is 2.11. The van der Waals surface area contributed by atoms with Gasteiger partial charge in [0.2, 0.25) is 5.91 Å². The molecule has 0 heterocycles. The molecule has 0 atom stereocenters. The molecule has 104 valence electrons. The summed E-state index contributed by atoms with van der Waals surface area (Å²) in [5, 5.41) is 6.10. The van der Waals surface area contributed by atoms with E-state index in [0.29, 0.717) is 29.2 Å². The number of anilines is 1. The average Bonchev–Trinajstić information content (AvgIpc) is 2.40. The summed E-state index contributed by atoms with van der Waals surface area (Å²) in [6, 6.07) is 4.59. The molecule has 0 bridgehead atoms. The third kappa shape index (κ3) is 4.89. The molecule has 0 radical (unpaired) electrons. The Bertz CT molecular complexity index is 463. The molecule has 1 amide bonds. The van der Waals surface area contributed by atoms with Crippen LogP contribution in [-0.4, -0.2) is 32.1 Å². The molecule has 6 heteroatoms. The monoisotopic (exact) mass is 284 g/mol.